The number of amides is 1. The number of rotatable bonds is 8. The van der Waals surface area contributed by atoms with Gasteiger partial charge in [0.05, 0.1) is 19.1 Å². The van der Waals surface area contributed by atoms with Gasteiger partial charge in [-0.2, -0.15) is 4.31 Å². The maximum atomic E-state index is 12.3. The number of benzene rings is 1. The van der Waals surface area contributed by atoms with Crippen LogP contribution in [-0.4, -0.2) is 55.3 Å². The Bertz CT molecular complexity index is 845. The van der Waals surface area contributed by atoms with Crippen LogP contribution < -0.4 is 10.2 Å². The lowest BCUT2D eigenvalue weighted by Gasteiger charge is -2.22. The first-order valence-electron chi connectivity index (χ1n) is 8.39. The highest BCUT2D eigenvalue weighted by Gasteiger charge is 2.24. The number of likely N-dealkylation sites (N-methyl/N-ethyl adjacent to an activating group) is 1. The number of hydrogen-bond donors (Lipinski definition) is 2. The van der Waals surface area contributed by atoms with Crippen LogP contribution in [0.2, 0.25) is 0 Å². The van der Waals surface area contributed by atoms with Crippen molar-refractivity contribution in [2.24, 2.45) is 0 Å². The maximum Gasteiger partial charge on any atom is 0.260 e. The van der Waals surface area contributed by atoms with Gasteiger partial charge in [-0.1, -0.05) is 0 Å². The predicted octanol–water partition coefficient (Wildman–Crippen LogP) is 1.82. The summed E-state index contributed by atoms with van der Waals surface area (Å²) >= 11 is 0. The molecule has 0 aliphatic heterocycles. The molecule has 142 valence electrons. The van der Waals surface area contributed by atoms with Gasteiger partial charge >= 0.3 is 0 Å². The first-order valence-corrected chi connectivity index (χ1v) is 9.83. The summed E-state index contributed by atoms with van der Waals surface area (Å²) in [5, 5.41) is 2.72. The average molecular weight is 379 g/mol. The first kappa shape index (κ1) is 19.9. The standard InChI is InChI=1S/C17H25N5O3S/c1-5-22(6-2)14-7-8-15(13(3)9-14)20-16(23)11-21(4)26(24,25)17-10-18-12-19-17/h7-10,12H,5-6,11H2,1-4H3,(H,18,19)(H,20,23). The number of aromatic nitrogens is 2. The molecule has 1 aromatic heterocycles. The molecule has 0 atom stereocenters. The van der Waals surface area contributed by atoms with E-state index in [1.54, 1.807) is 0 Å². The molecule has 1 amide bonds. The number of aryl methyl sites for hydroxylation is 1. The molecule has 0 unspecified atom stereocenters. The van der Waals surface area contributed by atoms with E-state index in [0.717, 1.165) is 28.6 Å². The smallest absolute Gasteiger partial charge is 0.260 e. The Kier molecular flexibility index (Phi) is 6.38. The van der Waals surface area contributed by atoms with Crippen LogP contribution in [0.5, 0.6) is 0 Å². The number of carbonyl (C=O) groups is 1. The number of H-pyrrole nitrogens is 1. The van der Waals surface area contributed by atoms with Crippen LogP contribution in [0.4, 0.5) is 11.4 Å². The van der Waals surface area contributed by atoms with Gasteiger partial charge in [-0.3, -0.25) is 4.79 Å². The van der Waals surface area contributed by atoms with Gasteiger partial charge in [-0.15, -0.1) is 0 Å². The fraction of sp³-hybridized carbons (Fsp3) is 0.412. The Morgan fingerprint density at radius 1 is 1.27 bits per heavy atom. The fourth-order valence-corrected chi connectivity index (χ4v) is 3.62. The summed E-state index contributed by atoms with van der Waals surface area (Å²) in [6, 6.07) is 5.79. The Hall–Kier alpha value is -2.39. The zero-order valence-electron chi connectivity index (χ0n) is 15.5. The minimum Gasteiger partial charge on any atom is -0.372 e. The summed E-state index contributed by atoms with van der Waals surface area (Å²) in [4.78, 5) is 20.7. The molecule has 0 aliphatic rings. The number of anilines is 2. The topological polar surface area (TPSA) is 98.4 Å². The van der Waals surface area contributed by atoms with Gasteiger partial charge in [0, 0.05) is 31.5 Å². The summed E-state index contributed by atoms with van der Waals surface area (Å²) in [5.74, 6) is -0.408. The summed E-state index contributed by atoms with van der Waals surface area (Å²) in [5.41, 5.74) is 2.67. The second-order valence-corrected chi connectivity index (χ2v) is 7.91. The maximum absolute atomic E-state index is 12.3. The largest absolute Gasteiger partial charge is 0.372 e. The molecule has 9 heteroatoms. The zero-order chi connectivity index (χ0) is 19.3. The second kappa shape index (κ2) is 8.33. The van der Waals surface area contributed by atoms with Crippen LogP contribution >= 0.6 is 0 Å². The first-order chi connectivity index (χ1) is 12.3. The molecular weight excluding hydrogens is 354 g/mol. The van der Waals surface area contributed by atoms with E-state index in [0.29, 0.717) is 5.69 Å². The van der Waals surface area contributed by atoms with Gasteiger partial charge in [-0.05, 0) is 44.5 Å². The predicted molar refractivity (Wildman–Crippen MR) is 102 cm³/mol. The van der Waals surface area contributed by atoms with E-state index >= 15 is 0 Å². The van der Waals surface area contributed by atoms with Crippen molar-refractivity contribution in [3.63, 3.8) is 0 Å². The lowest BCUT2D eigenvalue weighted by molar-refractivity contribution is -0.116. The van der Waals surface area contributed by atoms with Crippen molar-refractivity contribution in [1.82, 2.24) is 14.3 Å². The number of hydrogen-bond acceptors (Lipinski definition) is 5. The van der Waals surface area contributed by atoms with Crippen LogP contribution in [0.3, 0.4) is 0 Å². The van der Waals surface area contributed by atoms with Crippen LogP contribution in [0, 0.1) is 6.92 Å². The van der Waals surface area contributed by atoms with E-state index in [4.69, 9.17) is 0 Å². The Morgan fingerprint density at radius 2 is 1.96 bits per heavy atom. The molecule has 0 fully saturated rings. The van der Waals surface area contributed by atoms with Gasteiger partial charge < -0.3 is 15.2 Å². The van der Waals surface area contributed by atoms with E-state index in [2.05, 4.69) is 34.0 Å². The summed E-state index contributed by atoms with van der Waals surface area (Å²) in [6.45, 7) is 7.59. The number of nitrogens with zero attached hydrogens (tertiary/aromatic N) is 3. The van der Waals surface area contributed by atoms with Crippen molar-refractivity contribution in [3.05, 3.63) is 36.3 Å². The van der Waals surface area contributed by atoms with Gasteiger partial charge in [0.25, 0.3) is 10.0 Å². The van der Waals surface area contributed by atoms with Crippen LogP contribution in [0.15, 0.2) is 35.7 Å². The van der Waals surface area contributed by atoms with Crippen LogP contribution in [0.25, 0.3) is 0 Å². The quantitative estimate of drug-likeness (QED) is 0.729. The lowest BCUT2D eigenvalue weighted by atomic mass is 10.1. The SMILES string of the molecule is CCN(CC)c1ccc(NC(=O)CN(C)S(=O)(=O)c2cnc[nH]2)c(C)c1. The summed E-state index contributed by atoms with van der Waals surface area (Å²) < 4.78 is 25.6. The molecule has 1 aromatic carbocycles. The van der Waals surface area contributed by atoms with Crippen molar-refractivity contribution in [3.8, 4) is 0 Å². The Balaban J connectivity index is 2.06. The molecule has 0 saturated heterocycles. The highest BCUT2D eigenvalue weighted by Crippen LogP contribution is 2.22. The second-order valence-electron chi connectivity index (χ2n) is 5.90. The van der Waals surface area contributed by atoms with E-state index in [1.165, 1.54) is 19.6 Å². The molecular formula is C17H25N5O3S. The van der Waals surface area contributed by atoms with Crippen molar-refractivity contribution >= 4 is 27.3 Å². The minimum atomic E-state index is -3.77. The molecule has 0 saturated carbocycles. The number of sulfonamides is 1. The van der Waals surface area contributed by atoms with Crippen molar-refractivity contribution in [1.29, 1.82) is 0 Å². The number of nitrogens with one attached hydrogen (secondary N) is 2. The minimum absolute atomic E-state index is 0.0486. The van der Waals surface area contributed by atoms with Gasteiger partial charge in [0.15, 0.2) is 5.03 Å². The Labute approximate surface area is 154 Å². The monoisotopic (exact) mass is 379 g/mol. The molecule has 2 N–H and O–H groups in total. The summed E-state index contributed by atoms with van der Waals surface area (Å²) in [6.07, 6.45) is 2.49. The fourth-order valence-electron chi connectivity index (χ4n) is 2.60. The highest BCUT2D eigenvalue weighted by molar-refractivity contribution is 7.89. The van der Waals surface area contributed by atoms with Crippen molar-refractivity contribution in [2.75, 3.05) is 36.9 Å². The van der Waals surface area contributed by atoms with Crippen molar-refractivity contribution in [2.45, 2.75) is 25.8 Å². The third-order valence-corrected chi connectivity index (χ3v) is 5.87. The van der Waals surface area contributed by atoms with Crippen molar-refractivity contribution < 1.29 is 13.2 Å². The molecule has 0 spiro atoms. The number of aromatic amines is 1. The highest BCUT2D eigenvalue weighted by atomic mass is 32.2. The number of carbonyl (C=O) groups excluding carboxylic acids is 1. The number of imidazole rings is 1. The van der Waals surface area contributed by atoms with E-state index in [-0.39, 0.29) is 11.6 Å². The zero-order valence-corrected chi connectivity index (χ0v) is 16.3. The molecule has 8 nitrogen and oxygen atoms in total. The van der Waals surface area contributed by atoms with Gasteiger partial charge in [0.2, 0.25) is 5.91 Å². The molecule has 1 heterocycles. The molecule has 0 bridgehead atoms. The summed E-state index contributed by atoms with van der Waals surface area (Å²) in [7, 11) is -2.42. The van der Waals surface area contributed by atoms with Crippen LogP contribution in [-0.2, 0) is 14.8 Å². The molecule has 26 heavy (non-hydrogen) atoms. The average Bonchev–Trinajstić information content (AvgIpc) is 3.13. The van der Waals surface area contributed by atoms with E-state index < -0.39 is 15.9 Å². The molecule has 2 rings (SSSR count). The molecule has 2 aromatic rings. The Morgan fingerprint density at radius 3 is 2.50 bits per heavy atom. The van der Waals surface area contributed by atoms with E-state index in [1.807, 2.05) is 25.1 Å². The third kappa shape index (κ3) is 4.41. The normalized spacial score (nSPS) is 11.6. The molecule has 0 radical (unpaired) electrons. The van der Waals surface area contributed by atoms with E-state index in [9.17, 15) is 13.2 Å². The van der Waals surface area contributed by atoms with Crippen LogP contribution in [0.1, 0.15) is 19.4 Å². The van der Waals surface area contributed by atoms with Gasteiger partial charge in [0.1, 0.15) is 0 Å². The molecule has 0 aliphatic carbocycles. The third-order valence-electron chi connectivity index (χ3n) is 4.14. The lowest BCUT2D eigenvalue weighted by Crippen LogP contribution is -2.35. The van der Waals surface area contributed by atoms with Gasteiger partial charge in [-0.25, -0.2) is 13.4 Å².